The van der Waals surface area contributed by atoms with Crippen molar-refractivity contribution in [2.24, 2.45) is 11.8 Å². The van der Waals surface area contributed by atoms with Crippen LogP contribution in [0.2, 0.25) is 0 Å². The Hall–Kier alpha value is -2.85. The van der Waals surface area contributed by atoms with Gasteiger partial charge in [0.1, 0.15) is 17.7 Å². The molecule has 3 amide bonds. The van der Waals surface area contributed by atoms with Crippen LogP contribution in [0, 0.1) is 11.8 Å². The third-order valence-electron chi connectivity index (χ3n) is 4.21. The number of esters is 2. The van der Waals surface area contributed by atoms with Crippen molar-refractivity contribution in [2.75, 3.05) is 14.2 Å². The number of hydrogen-bond donors (Lipinski definition) is 3. The zero-order valence-corrected chi connectivity index (χ0v) is 21.1. The van der Waals surface area contributed by atoms with Gasteiger partial charge in [-0.05, 0) is 45.4 Å². The van der Waals surface area contributed by atoms with Gasteiger partial charge in [-0.3, -0.25) is 9.59 Å². The lowest BCUT2D eigenvalue weighted by Gasteiger charge is -2.26. The molecule has 0 aromatic rings. The predicted molar refractivity (Wildman–Crippen MR) is 120 cm³/mol. The first-order valence-electron chi connectivity index (χ1n) is 10.9. The molecule has 11 heteroatoms. The quantitative estimate of drug-likeness (QED) is 0.231. The van der Waals surface area contributed by atoms with Gasteiger partial charge in [0.15, 0.2) is 0 Å². The Morgan fingerprint density at radius 3 is 1.61 bits per heavy atom. The highest BCUT2D eigenvalue weighted by molar-refractivity contribution is 6.06. The summed E-state index contributed by atoms with van der Waals surface area (Å²) in [5.74, 6) is -3.40. The summed E-state index contributed by atoms with van der Waals surface area (Å²) in [6.45, 7) is 12.4. The van der Waals surface area contributed by atoms with Crippen LogP contribution >= 0.6 is 0 Å². The second-order valence-corrected chi connectivity index (χ2v) is 9.51. The van der Waals surface area contributed by atoms with Crippen LogP contribution in [0.4, 0.5) is 4.79 Å². The molecular weight excluding hydrogens is 434 g/mol. The van der Waals surface area contributed by atoms with E-state index >= 15 is 0 Å². The topological polar surface area (TPSA) is 149 Å². The molecule has 1 unspecified atom stereocenters. The van der Waals surface area contributed by atoms with E-state index in [1.165, 1.54) is 7.11 Å². The molecule has 0 aromatic carbocycles. The summed E-state index contributed by atoms with van der Waals surface area (Å²) in [6, 6.07) is -3.83. The minimum atomic E-state index is -1.74. The lowest BCUT2D eigenvalue weighted by atomic mass is 10.0. The molecular formula is C22H39N3O8. The summed E-state index contributed by atoms with van der Waals surface area (Å²) in [5, 5.41) is 7.21. The number of carbonyl (C=O) groups is 5. The minimum absolute atomic E-state index is 0.00385. The van der Waals surface area contributed by atoms with Crippen LogP contribution < -0.4 is 16.0 Å². The van der Waals surface area contributed by atoms with Gasteiger partial charge in [0, 0.05) is 0 Å². The third-order valence-corrected chi connectivity index (χ3v) is 4.21. The summed E-state index contributed by atoms with van der Waals surface area (Å²) in [6.07, 6.45) is -0.333. The van der Waals surface area contributed by atoms with Crippen LogP contribution in [0.15, 0.2) is 0 Å². The Bertz CT molecular complexity index is 700. The standard InChI is InChI=1S/C22H39N3O8/c1-12(2)10-14(24-21(30)33-22(5,6)7)17(26)25-16(20(29)32-9)18(27)23-15(11-13(3)4)19(28)31-8/h12-16H,10-11H2,1-9H3,(H,23,27)(H,24,30)(H,25,26)/t14-,15-,16?/m0/s1. The van der Waals surface area contributed by atoms with Gasteiger partial charge in [-0.15, -0.1) is 0 Å². The molecule has 0 fully saturated rings. The van der Waals surface area contributed by atoms with Crippen molar-refractivity contribution in [1.29, 1.82) is 0 Å². The maximum Gasteiger partial charge on any atom is 0.408 e. The summed E-state index contributed by atoms with van der Waals surface area (Å²) in [4.78, 5) is 62.2. The van der Waals surface area contributed by atoms with Gasteiger partial charge in [-0.25, -0.2) is 14.4 Å². The third kappa shape index (κ3) is 12.1. The van der Waals surface area contributed by atoms with E-state index in [-0.39, 0.29) is 24.7 Å². The molecule has 0 aliphatic carbocycles. The van der Waals surface area contributed by atoms with Crippen LogP contribution in [0.5, 0.6) is 0 Å². The van der Waals surface area contributed by atoms with E-state index in [1.807, 2.05) is 27.7 Å². The van der Waals surface area contributed by atoms with Gasteiger partial charge < -0.3 is 30.2 Å². The van der Waals surface area contributed by atoms with E-state index in [1.54, 1.807) is 20.8 Å². The van der Waals surface area contributed by atoms with E-state index in [0.29, 0.717) is 0 Å². The summed E-state index contributed by atoms with van der Waals surface area (Å²) in [7, 11) is 2.24. The number of amides is 3. The van der Waals surface area contributed by atoms with Crippen molar-refractivity contribution in [3.63, 3.8) is 0 Å². The van der Waals surface area contributed by atoms with Crippen LogP contribution in [0.3, 0.4) is 0 Å². The SMILES string of the molecule is COC(=O)C(NC(=O)[C@H](CC(C)C)NC(=O)OC(C)(C)C)C(=O)N[C@@H](CC(C)C)C(=O)OC. The van der Waals surface area contributed by atoms with Crippen molar-refractivity contribution < 1.29 is 38.2 Å². The second kappa shape index (κ2) is 13.6. The molecule has 0 saturated carbocycles. The Kier molecular flexibility index (Phi) is 12.5. The summed E-state index contributed by atoms with van der Waals surface area (Å²) in [5.41, 5.74) is -0.781. The van der Waals surface area contributed by atoms with E-state index in [9.17, 15) is 24.0 Å². The van der Waals surface area contributed by atoms with E-state index in [2.05, 4.69) is 20.7 Å². The van der Waals surface area contributed by atoms with E-state index < -0.39 is 53.6 Å². The number of alkyl carbamates (subject to hydrolysis) is 1. The predicted octanol–water partition coefficient (Wildman–Crippen LogP) is 1.29. The largest absolute Gasteiger partial charge is 0.467 e. The molecule has 0 rings (SSSR count). The lowest BCUT2D eigenvalue weighted by Crippen LogP contribution is -2.59. The molecule has 0 spiro atoms. The molecule has 11 nitrogen and oxygen atoms in total. The fourth-order valence-electron chi connectivity index (χ4n) is 2.83. The number of carbonyl (C=O) groups excluding carboxylic acids is 5. The molecule has 0 aromatic heterocycles. The highest BCUT2D eigenvalue weighted by Gasteiger charge is 2.35. The average molecular weight is 474 g/mol. The van der Waals surface area contributed by atoms with Gasteiger partial charge >= 0.3 is 18.0 Å². The molecule has 190 valence electrons. The van der Waals surface area contributed by atoms with Crippen molar-refractivity contribution in [1.82, 2.24) is 16.0 Å². The zero-order valence-electron chi connectivity index (χ0n) is 21.1. The maximum absolute atomic E-state index is 12.9. The average Bonchev–Trinajstić information content (AvgIpc) is 2.67. The molecule has 0 radical (unpaired) electrons. The maximum atomic E-state index is 12.9. The Labute approximate surface area is 195 Å². The van der Waals surface area contributed by atoms with Gasteiger partial charge in [-0.2, -0.15) is 0 Å². The fourth-order valence-corrected chi connectivity index (χ4v) is 2.83. The first kappa shape index (κ1) is 30.1. The van der Waals surface area contributed by atoms with Crippen LogP contribution in [0.25, 0.3) is 0 Å². The molecule has 3 atom stereocenters. The number of hydrogen-bond acceptors (Lipinski definition) is 8. The number of nitrogens with one attached hydrogen (secondary N) is 3. The van der Waals surface area contributed by atoms with Gasteiger partial charge in [0.25, 0.3) is 5.91 Å². The van der Waals surface area contributed by atoms with Crippen LogP contribution in [-0.2, 0) is 33.4 Å². The van der Waals surface area contributed by atoms with Gasteiger partial charge in [0.2, 0.25) is 11.9 Å². The first-order chi connectivity index (χ1) is 15.1. The summed E-state index contributed by atoms with van der Waals surface area (Å²) >= 11 is 0. The highest BCUT2D eigenvalue weighted by atomic mass is 16.6. The monoisotopic (exact) mass is 473 g/mol. The smallest absolute Gasteiger partial charge is 0.408 e. The van der Waals surface area contributed by atoms with Gasteiger partial charge in [-0.1, -0.05) is 27.7 Å². The number of ether oxygens (including phenoxy) is 3. The Morgan fingerprint density at radius 1 is 0.697 bits per heavy atom. The Morgan fingerprint density at radius 2 is 1.18 bits per heavy atom. The second-order valence-electron chi connectivity index (χ2n) is 9.51. The highest BCUT2D eigenvalue weighted by Crippen LogP contribution is 2.11. The van der Waals surface area contributed by atoms with Crippen molar-refractivity contribution in [3.05, 3.63) is 0 Å². The first-order valence-corrected chi connectivity index (χ1v) is 10.9. The number of methoxy groups -OCH3 is 2. The molecule has 0 bridgehead atoms. The molecule has 0 heterocycles. The van der Waals surface area contributed by atoms with Crippen molar-refractivity contribution in [2.45, 2.75) is 85.0 Å². The molecule has 0 aliphatic heterocycles. The fraction of sp³-hybridized carbons (Fsp3) is 0.773. The minimum Gasteiger partial charge on any atom is -0.467 e. The van der Waals surface area contributed by atoms with E-state index in [0.717, 1.165) is 7.11 Å². The van der Waals surface area contributed by atoms with E-state index in [4.69, 9.17) is 9.47 Å². The molecule has 33 heavy (non-hydrogen) atoms. The summed E-state index contributed by atoms with van der Waals surface area (Å²) < 4.78 is 14.6. The van der Waals surface area contributed by atoms with Crippen molar-refractivity contribution >= 4 is 29.8 Å². The van der Waals surface area contributed by atoms with Gasteiger partial charge in [0.05, 0.1) is 14.2 Å². The normalized spacial score (nSPS) is 14.0. The molecule has 3 N–H and O–H groups in total. The Balaban J connectivity index is 5.61. The number of rotatable bonds is 11. The molecule has 0 aliphatic rings. The lowest BCUT2D eigenvalue weighted by molar-refractivity contribution is -0.152. The zero-order chi connectivity index (χ0) is 25.9. The van der Waals surface area contributed by atoms with Crippen molar-refractivity contribution in [3.8, 4) is 0 Å². The molecule has 0 saturated heterocycles. The van der Waals surface area contributed by atoms with Crippen LogP contribution in [0.1, 0.15) is 61.3 Å². The van der Waals surface area contributed by atoms with Crippen LogP contribution in [-0.4, -0.2) is 67.8 Å².